The molecule has 88 valence electrons. The smallest absolute Gasteiger partial charge is 0.0231 e. The van der Waals surface area contributed by atoms with E-state index in [0.29, 0.717) is 0 Å². The predicted molar refractivity (Wildman–Crippen MR) is 75.2 cm³/mol. The Bertz CT molecular complexity index is 436. The molecule has 2 aromatic carbocycles. The fraction of sp³-hybridized carbons (Fsp3) is 0.200. The van der Waals surface area contributed by atoms with E-state index in [2.05, 4.69) is 54.6 Å². The first kappa shape index (κ1) is 12.2. The van der Waals surface area contributed by atoms with Gasteiger partial charge in [0.05, 0.1) is 0 Å². The van der Waals surface area contributed by atoms with E-state index in [-0.39, 0.29) is 0 Å². The summed E-state index contributed by atoms with van der Waals surface area (Å²) in [5, 5.41) is 0. The monoisotopic (exact) mass is 243 g/mol. The molecule has 17 heavy (non-hydrogen) atoms. The van der Waals surface area contributed by atoms with Crippen molar-refractivity contribution in [2.45, 2.75) is 17.1 Å². The lowest BCUT2D eigenvalue weighted by molar-refractivity contribution is 0.966. The van der Waals surface area contributed by atoms with Crippen LogP contribution in [0, 0.1) is 0 Å². The zero-order valence-electron chi connectivity index (χ0n) is 9.80. The first-order valence-electron chi connectivity index (χ1n) is 5.84. The highest BCUT2D eigenvalue weighted by molar-refractivity contribution is 7.98. The molecule has 2 aromatic rings. The van der Waals surface area contributed by atoms with E-state index in [1.807, 2.05) is 11.8 Å². The molecule has 0 bridgehead atoms. The lowest BCUT2D eigenvalue weighted by atomic mass is 10.2. The van der Waals surface area contributed by atoms with E-state index >= 15 is 0 Å². The fourth-order valence-electron chi connectivity index (χ4n) is 1.66. The Morgan fingerprint density at radius 2 is 1.53 bits per heavy atom. The van der Waals surface area contributed by atoms with Crippen molar-refractivity contribution in [2.75, 3.05) is 6.54 Å². The fourth-order valence-corrected chi connectivity index (χ4v) is 2.51. The van der Waals surface area contributed by atoms with Crippen LogP contribution in [0.25, 0.3) is 0 Å². The quantitative estimate of drug-likeness (QED) is 0.814. The molecule has 0 fully saturated rings. The normalized spacial score (nSPS) is 10.4. The topological polar surface area (TPSA) is 26.0 Å². The summed E-state index contributed by atoms with van der Waals surface area (Å²) in [5.41, 5.74) is 8.21. The largest absolute Gasteiger partial charge is 0.330 e. The predicted octanol–water partition coefficient (Wildman–Crippen LogP) is 3.48. The van der Waals surface area contributed by atoms with Gasteiger partial charge in [-0.05, 0) is 36.2 Å². The van der Waals surface area contributed by atoms with Gasteiger partial charge in [-0.3, -0.25) is 0 Å². The van der Waals surface area contributed by atoms with Crippen LogP contribution < -0.4 is 5.73 Å². The van der Waals surface area contributed by atoms with Crippen LogP contribution in [0.4, 0.5) is 0 Å². The molecular formula is C15H17NS. The molecule has 0 aliphatic rings. The second-order valence-corrected chi connectivity index (χ2v) is 5.01. The molecule has 0 amide bonds. The number of hydrogen-bond donors (Lipinski definition) is 1. The van der Waals surface area contributed by atoms with Gasteiger partial charge >= 0.3 is 0 Å². The Labute approximate surface area is 107 Å². The number of rotatable bonds is 5. The maximum atomic E-state index is 5.53. The Morgan fingerprint density at radius 3 is 2.18 bits per heavy atom. The molecule has 2 N–H and O–H groups in total. The minimum atomic E-state index is 0.719. The van der Waals surface area contributed by atoms with Crippen LogP contribution in [0.5, 0.6) is 0 Å². The van der Waals surface area contributed by atoms with Crippen molar-refractivity contribution in [3.8, 4) is 0 Å². The highest BCUT2D eigenvalue weighted by Gasteiger charge is 1.96. The molecule has 0 heterocycles. The van der Waals surface area contributed by atoms with Gasteiger partial charge in [0.15, 0.2) is 0 Å². The molecule has 0 saturated carbocycles. The zero-order valence-corrected chi connectivity index (χ0v) is 10.6. The summed E-state index contributed by atoms with van der Waals surface area (Å²) in [6.45, 7) is 0.719. The van der Waals surface area contributed by atoms with Crippen LogP contribution in [-0.4, -0.2) is 6.54 Å². The van der Waals surface area contributed by atoms with Gasteiger partial charge in [0.1, 0.15) is 0 Å². The Balaban J connectivity index is 1.91. The Kier molecular flexibility index (Phi) is 4.65. The summed E-state index contributed by atoms with van der Waals surface area (Å²) in [6, 6.07) is 19.2. The lowest BCUT2D eigenvalue weighted by Crippen LogP contribution is -2.02. The van der Waals surface area contributed by atoms with Crippen molar-refractivity contribution in [3.63, 3.8) is 0 Å². The number of benzene rings is 2. The summed E-state index contributed by atoms with van der Waals surface area (Å²) >= 11 is 1.87. The van der Waals surface area contributed by atoms with Crippen LogP contribution in [0.15, 0.2) is 59.5 Å². The molecular weight excluding hydrogens is 226 g/mol. The van der Waals surface area contributed by atoms with Crippen molar-refractivity contribution in [2.24, 2.45) is 5.73 Å². The zero-order chi connectivity index (χ0) is 11.9. The van der Waals surface area contributed by atoms with E-state index in [0.717, 1.165) is 18.7 Å². The van der Waals surface area contributed by atoms with Gasteiger partial charge in [-0.2, -0.15) is 0 Å². The Hall–Kier alpha value is -1.25. The second-order valence-electron chi connectivity index (χ2n) is 3.96. The number of thioether (sulfide) groups is 1. The molecule has 0 radical (unpaired) electrons. The molecule has 0 unspecified atom stereocenters. The highest BCUT2D eigenvalue weighted by atomic mass is 32.2. The van der Waals surface area contributed by atoms with E-state index in [4.69, 9.17) is 5.73 Å². The maximum absolute atomic E-state index is 5.53. The van der Waals surface area contributed by atoms with Gasteiger partial charge in [0.25, 0.3) is 0 Å². The number of nitrogens with two attached hydrogens (primary N) is 1. The standard InChI is InChI=1S/C15H17NS/c16-11-10-13-6-8-15(9-7-13)17-12-14-4-2-1-3-5-14/h1-9H,10-12,16H2. The van der Waals surface area contributed by atoms with Crippen molar-refractivity contribution in [1.29, 1.82) is 0 Å². The SMILES string of the molecule is NCCc1ccc(SCc2ccccc2)cc1. The summed E-state index contributed by atoms with van der Waals surface area (Å²) in [6.07, 6.45) is 0.962. The lowest BCUT2D eigenvalue weighted by Gasteiger charge is -2.03. The van der Waals surface area contributed by atoms with Crippen molar-refractivity contribution >= 4 is 11.8 Å². The molecule has 2 heteroatoms. The maximum Gasteiger partial charge on any atom is 0.0231 e. The van der Waals surface area contributed by atoms with Gasteiger partial charge in [0, 0.05) is 10.6 Å². The van der Waals surface area contributed by atoms with Crippen molar-refractivity contribution in [3.05, 3.63) is 65.7 Å². The summed E-state index contributed by atoms with van der Waals surface area (Å²) in [4.78, 5) is 1.31. The minimum Gasteiger partial charge on any atom is -0.330 e. The van der Waals surface area contributed by atoms with E-state index < -0.39 is 0 Å². The first-order valence-corrected chi connectivity index (χ1v) is 6.83. The third kappa shape index (κ3) is 3.91. The molecule has 0 aliphatic heterocycles. The molecule has 0 aliphatic carbocycles. The average molecular weight is 243 g/mol. The molecule has 0 atom stereocenters. The first-order chi connectivity index (χ1) is 8.38. The van der Waals surface area contributed by atoms with Crippen LogP contribution in [-0.2, 0) is 12.2 Å². The third-order valence-electron chi connectivity index (χ3n) is 2.60. The average Bonchev–Trinajstić information content (AvgIpc) is 2.40. The van der Waals surface area contributed by atoms with Gasteiger partial charge in [0.2, 0.25) is 0 Å². The van der Waals surface area contributed by atoms with Gasteiger partial charge in [-0.1, -0.05) is 42.5 Å². The van der Waals surface area contributed by atoms with Gasteiger partial charge in [-0.25, -0.2) is 0 Å². The molecule has 1 nitrogen and oxygen atoms in total. The van der Waals surface area contributed by atoms with Crippen LogP contribution in [0.2, 0.25) is 0 Å². The van der Waals surface area contributed by atoms with Crippen molar-refractivity contribution in [1.82, 2.24) is 0 Å². The summed E-state index contributed by atoms with van der Waals surface area (Å²) in [5.74, 6) is 1.02. The van der Waals surface area contributed by atoms with Gasteiger partial charge in [-0.15, -0.1) is 11.8 Å². The van der Waals surface area contributed by atoms with Crippen LogP contribution in [0.3, 0.4) is 0 Å². The van der Waals surface area contributed by atoms with E-state index in [9.17, 15) is 0 Å². The minimum absolute atomic E-state index is 0.719. The number of hydrogen-bond acceptors (Lipinski definition) is 2. The summed E-state index contributed by atoms with van der Waals surface area (Å²) < 4.78 is 0. The molecule has 2 rings (SSSR count). The van der Waals surface area contributed by atoms with Crippen LogP contribution >= 0.6 is 11.8 Å². The molecule has 0 spiro atoms. The molecule has 0 aromatic heterocycles. The third-order valence-corrected chi connectivity index (χ3v) is 3.69. The van der Waals surface area contributed by atoms with Gasteiger partial charge < -0.3 is 5.73 Å². The Morgan fingerprint density at radius 1 is 0.824 bits per heavy atom. The van der Waals surface area contributed by atoms with Crippen LogP contribution in [0.1, 0.15) is 11.1 Å². The van der Waals surface area contributed by atoms with E-state index in [1.165, 1.54) is 16.0 Å². The van der Waals surface area contributed by atoms with Crippen molar-refractivity contribution < 1.29 is 0 Å². The molecule has 0 saturated heterocycles. The summed E-state index contributed by atoms with van der Waals surface area (Å²) in [7, 11) is 0. The van der Waals surface area contributed by atoms with E-state index in [1.54, 1.807) is 0 Å². The highest BCUT2D eigenvalue weighted by Crippen LogP contribution is 2.22. The second kappa shape index (κ2) is 6.48.